The smallest absolute Gasteiger partial charge is 0.187 e. The van der Waals surface area contributed by atoms with Gasteiger partial charge < -0.3 is 30.1 Å². The molecule has 7 nitrogen and oxygen atoms in total. The number of aliphatic hydroxyl groups is 4. The summed E-state index contributed by atoms with van der Waals surface area (Å²) in [6.07, 6.45) is -0.281. The van der Waals surface area contributed by atoms with E-state index in [0.717, 1.165) is 12.0 Å². The van der Waals surface area contributed by atoms with Gasteiger partial charge in [-0.2, -0.15) is 0 Å². The van der Waals surface area contributed by atoms with E-state index in [1.54, 1.807) is 6.20 Å². The fourth-order valence-corrected chi connectivity index (χ4v) is 1.91. The molecule has 4 atom stereocenters. The summed E-state index contributed by atoms with van der Waals surface area (Å²) in [4.78, 5) is 1.49. The van der Waals surface area contributed by atoms with Crippen LogP contribution in [0.1, 0.15) is 26.7 Å². The molecule has 0 aliphatic carbocycles. The molecule has 0 saturated carbocycles. The predicted molar refractivity (Wildman–Crippen MR) is 68.5 cm³/mol. The van der Waals surface area contributed by atoms with E-state index in [9.17, 15) is 10.2 Å². The van der Waals surface area contributed by atoms with Gasteiger partial charge in [-0.3, -0.25) is 5.32 Å². The van der Waals surface area contributed by atoms with Gasteiger partial charge in [-0.15, -0.1) is 0 Å². The number of hydrogen-bond donors (Lipinski definition) is 5. The Bertz CT molecular complexity index is 300. The van der Waals surface area contributed by atoms with Gasteiger partial charge in [0.1, 0.15) is 12.3 Å². The first-order valence-electron chi connectivity index (χ1n) is 6.44. The van der Waals surface area contributed by atoms with Gasteiger partial charge in [0.15, 0.2) is 6.35 Å². The Kier molecular flexibility index (Phi) is 6.70. The molecule has 1 aliphatic rings. The zero-order valence-corrected chi connectivity index (χ0v) is 11.4. The summed E-state index contributed by atoms with van der Waals surface area (Å²) in [5.74, 6) is 0. The molecule has 0 aromatic heterocycles. The number of nitrogens with zero attached hydrogens (tertiary/aromatic N) is 1. The molecule has 5 N–H and O–H groups in total. The SMILES string of the molecule is CC/C(C)=C\N(C1CC(O)C(CO)O1)[C@H](O)NCO. The molecule has 0 bridgehead atoms. The van der Waals surface area contributed by atoms with Crippen LogP contribution in [0.15, 0.2) is 11.8 Å². The second-order valence-electron chi connectivity index (χ2n) is 4.63. The maximum absolute atomic E-state index is 9.95. The van der Waals surface area contributed by atoms with Gasteiger partial charge >= 0.3 is 0 Å². The second kappa shape index (κ2) is 7.78. The van der Waals surface area contributed by atoms with Crippen LogP contribution in [0.25, 0.3) is 0 Å². The number of ether oxygens (including phenoxy) is 1. The average Bonchev–Trinajstić information content (AvgIpc) is 2.76. The molecule has 1 rings (SSSR count). The van der Waals surface area contributed by atoms with Crippen LogP contribution in [-0.2, 0) is 4.74 Å². The van der Waals surface area contributed by atoms with Gasteiger partial charge in [0, 0.05) is 12.6 Å². The van der Waals surface area contributed by atoms with Gasteiger partial charge in [-0.1, -0.05) is 12.5 Å². The molecule has 0 spiro atoms. The zero-order valence-electron chi connectivity index (χ0n) is 11.4. The Morgan fingerprint density at radius 2 is 2.21 bits per heavy atom. The summed E-state index contributed by atoms with van der Waals surface area (Å²) in [6, 6.07) is 0. The second-order valence-corrected chi connectivity index (χ2v) is 4.63. The number of rotatable bonds is 7. The first-order valence-corrected chi connectivity index (χ1v) is 6.44. The first-order chi connectivity index (χ1) is 9.03. The Morgan fingerprint density at radius 1 is 1.53 bits per heavy atom. The molecular weight excluding hydrogens is 252 g/mol. The van der Waals surface area contributed by atoms with Crippen LogP contribution in [0, 0.1) is 0 Å². The van der Waals surface area contributed by atoms with Crippen LogP contribution >= 0.6 is 0 Å². The van der Waals surface area contributed by atoms with Gasteiger partial charge in [-0.05, 0) is 13.3 Å². The Balaban J connectivity index is 2.79. The summed E-state index contributed by atoms with van der Waals surface area (Å²) in [6.45, 7) is 3.24. The Labute approximate surface area is 113 Å². The van der Waals surface area contributed by atoms with E-state index in [4.69, 9.17) is 14.9 Å². The number of nitrogens with one attached hydrogen (secondary N) is 1. The highest BCUT2D eigenvalue weighted by molar-refractivity contribution is 4.99. The lowest BCUT2D eigenvalue weighted by molar-refractivity contribution is -0.126. The maximum Gasteiger partial charge on any atom is 0.187 e. The minimum absolute atomic E-state index is 0.272. The van der Waals surface area contributed by atoms with Crippen LogP contribution in [0.2, 0.25) is 0 Å². The molecular formula is C12H24N2O5. The third-order valence-corrected chi connectivity index (χ3v) is 3.20. The Morgan fingerprint density at radius 3 is 2.68 bits per heavy atom. The van der Waals surface area contributed by atoms with Crippen LogP contribution in [-0.4, -0.2) is 63.5 Å². The molecule has 1 saturated heterocycles. The van der Waals surface area contributed by atoms with Crippen LogP contribution in [0.3, 0.4) is 0 Å². The highest BCUT2D eigenvalue weighted by Gasteiger charge is 2.37. The normalized spacial score (nSPS) is 29.6. The molecule has 1 heterocycles. The minimum Gasteiger partial charge on any atom is -0.394 e. The van der Waals surface area contributed by atoms with E-state index in [2.05, 4.69) is 5.32 Å². The van der Waals surface area contributed by atoms with Crippen molar-refractivity contribution in [2.24, 2.45) is 0 Å². The molecule has 19 heavy (non-hydrogen) atoms. The van der Waals surface area contributed by atoms with Crippen molar-refractivity contribution < 1.29 is 25.2 Å². The van der Waals surface area contributed by atoms with Crippen LogP contribution in [0.5, 0.6) is 0 Å². The van der Waals surface area contributed by atoms with Crippen LogP contribution in [0.4, 0.5) is 0 Å². The van der Waals surface area contributed by atoms with E-state index in [-0.39, 0.29) is 19.8 Å². The van der Waals surface area contributed by atoms with Crippen molar-refractivity contribution in [1.29, 1.82) is 0 Å². The highest BCUT2D eigenvalue weighted by atomic mass is 16.5. The zero-order chi connectivity index (χ0) is 14.4. The minimum atomic E-state index is -1.12. The van der Waals surface area contributed by atoms with Crippen molar-refractivity contribution in [3.8, 4) is 0 Å². The van der Waals surface area contributed by atoms with Crippen molar-refractivity contribution >= 4 is 0 Å². The van der Waals surface area contributed by atoms with E-state index >= 15 is 0 Å². The van der Waals surface area contributed by atoms with Gasteiger partial charge in [0.2, 0.25) is 0 Å². The molecule has 1 fully saturated rings. The summed E-state index contributed by atoms with van der Waals surface area (Å²) >= 11 is 0. The monoisotopic (exact) mass is 276 g/mol. The van der Waals surface area contributed by atoms with E-state index in [0.29, 0.717) is 0 Å². The van der Waals surface area contributed by atoms with Crippen molar-refractivity contribution in [3.05, 3.63) is 11.8 Å². The van der Waals surface area contributed by atoms with Crippen molar-refractivity contribution in [2.45, 2.75) is 51.5 Å². The topological polar surface area (TPSA) is 105 Å². The molecule has 0 aromatic rings. The van der Waals surface area contributed by atoms with Gasteiger partial charge in [0.25, 0.3) is 0 Å². The van der Waals surface area contributed by atoms with E-state index < -0.39 is 24.8 Å². The quantitative estimate of drug-likeness (QED) is 0.375. The predicted octanol–water partition coefficient (Wildman–Crippen LogP) is -1.11. The lowest BCUT2D eigenvalue weighted by Gasteiger charge is -2.32. The fraction of sp³-hybridized carbons (Fsp3) is 0.833. The van der Waals surface area contributed by atoms with Gasteiger partial charge in [-0.25, -0.2) is 0 Å². The fourth-order valence-electron chi connectivity index (χ4n) is 1.91. The summed E-state index contributed by atoms with van der Waals surface area (Å²) < 4.78 is 5.50. The first kappa shape index (κ1) is 16.4. The van der Waals surface area contributed by atoms with Gasteiger partial charge in [0.05, 0.1) is 19.4 Å². The van der Waals surface area contributed by atoms with Crippen molar-refractivity contribution in [2.75, 3.05) is 13.3 Å². The molecule has 0 aromatic carbocycles. The van der Waals surface area contributed by atoms with E-state index in [1.165, 1.54) is 4.90 Å². The molecule has 112 valence electrons. The number of allylic oxidation sites excluding steroid dienone is 1. The largest absolute Gasteiger partial charge is 0.394 e. The summed E-state index contributed by atoms with van der Waals surface area (Å²) in [5.41, 5.74) is 1.02. The summed E-state index contributed by atoms with van der Waals surface area (Å²) in [5, 5.41) is 40.0. The van der Waals surface area contributed by atoms with Crippen molar-refractivity contribution in [1.82, 2.24) is 10.2 Å². The number of hydrogen-bond acceptors (Lipinski definition) is 7. The third kappa shape index (κ3) is 4.41. The third-order valence-electron chi connectivity index (χ3n) is 3.20. The lowest BCUT2D eigenvalue weighted by atomic mass is 10.2. The average molecular weight is 276 g/mol. The summed E-state index contributed by atoms with van der Waals surface area (Å²) in [7, 11) is 0. The maximum atomic E-state index is 9.95. The van der Waals surface area contributed by atoms with E-state index in [1.807, 2.05) is 13.8 Å². The standard InChI is InChI=1S/C12H24N2O5/c1-3-8(2)5-14(12(18)13-7-16)11-4-9(17)10(6-15)19-11/h5,9-13,15-18H,3-4,6-7H2,1-2H3/b8-5-/t9?,10?,11?,12-/m1/s1. The number of aliphatic hydroxyl groups excluding tert-OH is 4. The molecule has 3 unspecified atom stereocenters. The lowest BCUT2D eigenvalue weighted by Crippen LogP contribution is -2.48. The van der Waals surface area contributed by atoms with Crippen LogP contribution < -0.4 is 5.32 Å². The molecule has 1 aliphatic heterocycles. The molecule has 0 radical (unpaired) electrons. The molecule has 7 heteroatoms. The highest BCUT2D eigenvalue weighted by Crippen LogP contribution is 2.25. The van der Waals surface area contributed by atoms with Crippen molar-refractivity contribution in [3.63, 3.8) is 0 Å². The molecule has 0 amide bonds. The Hall–Kier alpha value is -0.700.